The van der Waals surface area contributed by atoms with Gasteiger partial charge in [0.2, 0.25) is 5.88 Å². The molecule has 0 fully saturated rings. The van der Waals surface area contributed by atoms with Crippen molar-refractivity contribution in [3.8, 4) is 6.07 Å². The molecule has 1 aromatic rings. The molecule has 0 aromatic heterocycles. The maximum atomic E-state index is 13.7. The van der Waals surface area contributed by atoms with Crippen molar-refractivity contribution in [2.75, 3.05) is 13.2 Å². The van der Waals surface area contributed by atoms with Crippen LogP contribution in [0.15, 0.2) is 59.2 Å². The van der Waals surface area contributed by atoms with Gasteiger partial charge in [-0.05, 0) is 31.5 Å². The first-order valence-corrected chi connectivity index (χ1v) is 8.29. The minimum atomic E-state index is -0.945. The van der Waals surface area contributed by atoms with Gasteiger partial charge in [0, 0.05) is 5.57 Å². The molecule has 0 spiro atoms. The van der Waals surface area contributed by atoms with E-state index in [1.807, 2.05) is 6.07 Å². The Labute approximate surface area is 161 Å². The largest absolute Gasteiger partial charge is 0.459 e. The molecule has 1 atom stereocenters. The number of rotatable bonds is 6. The molecule has 0 amide bonds. The van der Waals surface area contributed by atoms with Crippen molar-refractivity contribution in [3.05, 3.63) is 70.6 Å². The Hall–Kier alpha value is -3.60. The summed E-state index contributed by atoms with van der Waals surface area (Å²) in [7, 11) is 0. The van der Waals surface area contributed by atoms with Gasteiger partial charge in [0.15, 0.2) is 0 Å². The number of hydrogen-bond acceptors (Lipinski definition) is 7. The molecular formula is C20H19FN2O5. The summed E-state index contributed by atoms with van der Waals surface area (Å²) in [5.74, 6) is -2.90. The van der Waals surface area contributed by atoms with Gasteiger partial charge in [-0.15, -0.1) is 0 Å². The summed E-state index contributed by atoms with van der Waals surface area (Å²) in [4.78, 5) is 24.0. The third-order valence-electron chi connectivity index (χ3n) is 3.91. The van der Waals surface area contributed by atoms with Crippen LogP contribution in [0.3, 0.4) is 0 Å². The van der Waals surface area contributed by atoms with Crippen molar-refractivity contribution >= 4 is 11.9 Å². The Bertz CT molecular complexity index is 927. The van der Waals surface area contributed by atoms with Crippen molar-refractivity contribution < 1.29 is 28.2 Å². The summed E-state index contributed by atoms with van der Waals surface area (Å²) in [5, 5.41) is 9.47. The van der Waals surface area contributed by atoms with Crippen molar-refractivity contribution in [3.63, 3.8) is 0 Å². The molecule has 0 radical (unpaired) electrons. The Morgan fingerprint density at radius 2 is 2.04 bits per heavy atom. The predicted octanol–water partition coefficient (Wildman–Crippen LogP) is 2.57. The van der Waals surface area contributed by atoms with E-state index in [4.69, 9.17) is 19.9 Å². The van der Waals surface area contributed by atoms with E-state index in [1.165, 1.54) is 32.0 Å². The summed E-state index contributed by atoms with van der Waals surface area (Å²) in [5.41, 5.74) is 6.33. The Balaban J connectivity index is 2.25. The number of nitrogens with two attached hydrogens (primary N) is 1. The number of nitriles is 1. The van der Waals surface area contributed by atoms with E-state index in [0.717, 1.165) is 0 Å². The van der Waals surface area contributed by atoms with Crippen molar-refractivity contribution in [1.29, 1.82) is 5.26 Å². The molecule has 8 heteroatoms. The van der Waals surface area contributed by atoms with Gasteiger partial charge in [0.05, 0.1) is 11.5 Å². The predicted molar refractivity (Wildman–Crippen MR) is 96.5 cm³/mol. The monoisotopic (exact) mass is 386 g/mol. The number of halogens is 1. The van der Waals surface area contributed by atoms with Crippen LogP contribution in [0.5, 0.6) is 0 Å². The standard InChI is InChI=1S/C20H19FN2O5/c1-11(2)19(24)26-7-8-27-20(25)16-12(3)28-18(23)15(10-22)17(16)13-5-4-6-14(21)9-13/h4-6,9,17H,1,7-8,23H2,2-3H3. The van der Waals surface area contributed by atoms with Crippen LogP contribution in [0.2, 0.25) is 0 Å². The van der Waals surface area contributed by atoms with Crippen LogP contribution in [-0.2, 0) is 23.8 Å². The molecule has 1 aliphatic heterocycles. The maximum absolute atomic E-state index is 13.7. The first-order chi connectivity index (χ1) is 13.3. The number of nitrogens with zero attached hydrogens (tertiary/aromatic N) is 1. The van der Waals surface area contributed by atoms with E-state index in [9.17, 15) is 19.2 Å². The number of esters is 2. The van der Waals surface area contributed by atoms with Crippen molar-refractivity contribution in [2.45, 2.75) is 19.8 Å². The van der Waals surface area contributed by atoms with Gasteiger partial charge in [-0.25, -0.2) is 14.0 Å². The average Bonchev–Trinajstić information content (AvgIpc) is 2.64. The van der Waals surface area contributed by atoms with E-state index in [-0.39, 0.29) is 41.6 Å². The molecule has 1 aliphatic rings. The lowest BCUT2D eigenvalue weighted by Crippen LogP contribution is -2.26. The van der Waals surface area contributed by atoms with E-state index in [0.29, 0.717) is 5.56 Å². The minimum absolute atomic E-state index is 0.0163. The third-order valence-corrected chi connectivity index (χ3v) is 3.91. The quantitative estimate of drug-likeness (QED) is 0.454. The van der Waals surface area contributed by atoms with Crippen molar-refractivity contribution in [1.82, 2.24) is 0 Å². The number of benzene rings is 1. The normalized spacial score (nSPS) is 16.1. The smallest absolute Gasteiger partial charge is 0.338 e. The van der Waals surface area contributed by atoms with Crippen LogP contribution in [0.25, 0.3) is 0 Å². The van der Waals surface area contributed by atoms with Crippen molar-refractivity contribution in [2.24, 2.45) is 5.73 Å². The molecule has 146 valence electrons. The highest BCUT2D eigenvalue weighted by molar-refractivity contribution is 5.92. The number of carbonyl (C=O) groups excluding carboxylic acids is 2. The Morgan fingerprint density at radius 3 is 2.64 bits per heavy atom. The number of hydrogen-bond donors (Lipinski definition) is 1. The molecule has 2 rings (SSSR count). The highest BCUT2D eigenvalue weighted by atomic mass is 19.1. The van der Waals surface area contributed by atoms with Gasteiger partial charge in [0.1, 0.15) is 36.4 Å². The van der Waals surface area contributed by atoms with Crippen LogP contribution in [-0.4, -0.2) is 25.2 Å². The fraction of sp³-hybridized carbons (Fsp3) is 0.250. The SMILES string of the molecule is C=C(C)C(=O)OCCOC(=O)C1=C(C)OC(N)=C(C#N)C1c1cccc(F)c1. The summed E-state index contributed by atoms with van der Waals surface area (Å²) in [6.07, 6.45) is 0. The maximum Gasteiger partial charge on any atom is 0.338 e. The first-order valence-electron chi connectivity index (χ1n) is 8.29. The second kappa shape index (κ2) is 8.86. The molecule has 2 N–H and O–H groups in total. The molecular weight excluding hydrogens is 367 g/mol. The minimum Gasteiger partial charge on any atom is -0.459 e. The zero-order valence-corrected chi connectivity index (χ0v) is 15.5. The second-order valence-electron chi connectivity index (χ2n) is 6.00. The molecule has 0 bridgehead atoms. The zero-order valence-electron chi connectivity index (χ0n) is 15.5. The summed E-state index contributed by atoms with van der Waals surface area (Å²) >= 11 is 0. The van der Waals surface area contributed by atoms with Crippen LogP contribution < -0.4 is 5.73 Å². The van der Waals surface area contributed by atoms with E-state index >= 15 is 0 Å². The van der Waals surface area contributed by atoms with Gasteiger partial charge in [-0.2, -0.15) is 5.26 Å². The van der Waals surface area contributed by atoms with Gasteiger partial charge in [-0.1, -0.05) is 18.7 Å². The van der Waals surface area contributed by atoms with Gasteiger partial charge >= 0.3 is 11.9 Å². The molecule has 28 heavy (non-hydrogen) atoms. The Kier molecular flexibility index (Phi) is 6.55. The fourth-order valence-corrected chi connectivity index (χ4v) is 2.64. The molecule has 0 saturated heterocycles. The summed E-state index contributed by atoms with van der Waals surface area (Å²) in [6, 6.07) is 7.38. The van der Waals surface area contributed by atoms with Crippen LogP contribution in [0, 0.1) is 17.1 Å². The number of allylic oxidation sites excluding steroid dienone is 2. The number of carbonyl (C=O) groups is 2. The lowest BCUT2D eigenvalue weighted by molar-refractivity contribution is -0.147. The molecule has 0 saturated carbocycles. The van der Waals surface area contributed by atoms with Gasteiger partial charge < -0.3 is 19.9 Å². The summed E-state index contributed by atoms with van der Waals surface area (Å²) in [6.45, 7) is 6.04. The zero-order chi connectivity index (χ0) is 20.8. The molecule has 7 nitrogen and oxygen atoms in total. The van der Waals surface area contributed by atoms with E-state index < -0.39 is 23.7 Å². The molecule has 1 heterocycles. The Morgan fingerprint density at radius 1 is 1.36 bits per heavy atom. The van der Waals surface area contributed by atoms with E-state index in [2.05, 4.69) is 6.58 Å². The second-order valence-corrected chi connectivity index (χ2v) is 6.00. The highest BCUT2D eigenvalue weighted by Gasteiger charge is 2.36. The van der Waals surface area contributed by atoms with Crippen LogP contribution in [0.4, 0.5) is 4.39 Å². The summed E-state index contributed by atoms with van der Waals surface area (Å²) < 4.78 is 29.0. The van der Waals surface area contributed by atoms with E-state index in [1.54, 1.807) is 6.07 Å². The topological polar surface area (TPSA) is 112 Å². The molecule has 1 unspecified atom stereocenters. The fourth-order valence-electron chi connectivity index (χ4n) is 2.64. The number of ether oxygens (including phenoxy) is 3. The van der Waals surface area contributed by atoms with Crippen LogP contribution >= 0.6 is 0 Å². The average molecular weight is 386 g/mol. The first kappa shape index (κ1) is 20.7. The lowest BCUT2D eigenvalue weighted by atomic mass is 9.83. The highest BCUT2D eigenvalue weighted by Crippen LogP contribution is 2.39. The van der Waals surface area contributed by atoms with Crippen LogP contribution in [0.1, 0.15) is 25.3 Å². The third kappa shape index (κ3) is 4.57. The van der Waals surface area contributed by atoms with Gasteiger partial charge in [-0.3, -0.25) is 0 Å². The lowest BCUT2D eigenvalue weighted by Gasteiger charge is -2.26. The van der Waals surface area contributed by atoms with Gasteiger partial charge in [0.25, 0.3) is 0 Å². The molecule has 0 aliphatic carbocycles. The molecule has 1 aromatic carbocycles.